The van der Waals surface area contributed by atoms with Crippen LogP contribution in [0.2, 0.25) is 0 Å². The predicted molar refractivity (Wildman–Crippen MR) is 115 cm³/mol. The van der Waals surface area contributed by atoms with Gasteiger partial charge in [-0.3, -0.25) is 4.79 Å². The number of rotatable bonds is 3. The van der Waals surface area contributed by atoms with Gasteiger partial charge in [0, 0.05) is 22.6 Å². The maximum atomic E-state index is 13.3. The molecule has 3 aliphatic rings. The van der Waals surface area contributed by atoms with Gasteiger partial charge in [-0.05, 0) is 37.5 Å². The van der Waals surface area contributed by atoms with Gasteiger partial charge in [-0.15, -0.1) is 0 Å². The monoisotopic (exact) mass is 434 g/mol. The van der Waals surface area contributed by atoms with Crippen molar-refractivity contribution in [2.24, 2.45) is 0 Å². The molecule has 8 nitrogen and oxygen atoms in total. The molecule has 0 amide bonds. The summed E-state index contributed by atoms with van der Waals surface area (Å²) in [5.74, 6) is 0.597. The van der Waals surface area contributed by atoms with Crippen LogP contribution >= 0.6 is 0 Å². The van der Waals surface area contributed by atoms with Crippen molar-refractivity contribution in [3.8, 4) is 22.9 Å². The van der Waals surface area contributed by atoms with Crippen molar-refractivity contribution in [3.63, 3.8) is 0 Å². The van der Waals surface area contributed by atoms with Crippen LogP contribution in [-0.4, -0.2) is 27.4 Å². The average molecular weight is 434 g/mol. The molecular weight excluding hydrogens is 412 g/mol. The van der Waals surface area contributed by atoms with Crippen LogP contribution in [0.25, 0.3) is 22.3 Å². The number of carbonyl (C=O) groups is 1. The van der Waals surface area contributed by atoms with Crippen LogP contribution in [0.5, 0.6) is 11.5 Å². The summed E-state index contributed by atoms with van der Waals surface area (Å²) < 4.78 is 17.9. The quantitative estimate of drug-likeness (QED) is 0.495. The van der Waals surface area contributed by atoms with Crippen molar-refractivity contribution in [1.82, 2.24) is 9.55 Å². The first-order valence-corrected chi connectivity index (χ1v) is 10.8. The number of hydrogen-bond donors (Lipinski definition) is 1. The first kappa shape index (κ1) is 19.3. The Morgan fingerprint density at radius 1 is 1.12 bits per heavy atom. The number of hydrogen-bond acceptors (Lipinski definition) is 7. The highest BCUT2D eigenvalue weighted by molar-refractivity contribution is 5.91. The second-order valence-electron chi connectivity index (χ2n) is 8.71. The average Bonchev–Trinajstić information content (AvgIpc) is 3.37. The number of esters is 1. The Kier molecular flexibility index (Phi) is 3.96. The van der Waals surface area contributed by atoms with Crippen LogP contribution in [0.4, 0.5) is 0 Å². The van der Waals surface area contributed by atoms with Crippen LogP contribution in [-0.2, 0) is 34.7 Å². The molecule has 0 radical (unpaired) electrons. The van der Waals surface area contributed by atoms with E-state index in [9.17, 15) is 14.7 Å². The van der Waals surface area contributed by atoms with Crippen molar-refractivity contribution in [1.29, 1.82) is 0 Å². The van der Waals surface area contributed by atoms with Gasteiger partial charge in [0.25, 0.3) is 5.56 Å². The van der Waals surface area contributed by atoms with Gasteiger partial charge in [0.15, 0.2) is 17.1 Å². The highest BCUT2D eigenvalue weighted by atomic mass is 16.7. The van der Waals surface area contributed by atoms with E-state index >= 15 is 0 Å². The third-order valence-electron chi connectivity index (χ3n) is 6.71. The van der Waals surface area contributed by atoms with E-state index < -0.39 is 11.6 Å². The second-order valence-corrected chi connectivity index (χ2v) is 8.71. The fourth-order valence-corrected chi connectivity index (χ4v) is 4.94. The van der Waals surface area contributed by atoms with Crippen LogP contribution in [0.3, 0.4) is 0 Å². The number of fused-ring (bicyclic) bond motifs is 6. The number of pyridine rings is 2. The zero-order valence-electron chi connectivity index (χ0n) is 17.9. The summed E-state index contributed by atoms with van der Waals surface area (Å²) in [7, 11) is 0. The Morgan fingerprint density at radius 2 is 1.91 bits per heavy atom. The summed E-state index contributed by atoms with van der Waals surface area (Å²) in [4.78, 5) is 30.4. The Labute approximate surface area is 183 Å². The molecule has 1 N–H and O–H groups in total. The van der Waals surface area contributed by atoms with Crippen molar-refractivity contribution in [2.45, 2.75) is 51.9 Å². The molecule has 0 bridgehead atoms. The fraction of sp³-hybridized carbons (Fsp3) is 0.375. The molecule has 1 aromatic carbocycles. The topological polar surface area (TPSA) is 99.9 Å². The van der Waals surface area contributed by atoms with Crippen LogP contribution in [0, 0.1) is 0 Å². The van der Waals surface area contributed by atoms with E-state index in [1.165, 1.54) is 6.92 Å². The number of cyclic esters (lactones) is 1. The maximum absolute atomic E-state index is 13.3. The van der Waals surface area contributed by atoms with Gasteiger partial charge in [-0.2, -0.15) is 0 Å². The lowest BCUT2D eigenvalue weighted by Gasteiger charge is -2.29. The summed E-state index contributed by atoms with van der Waals surface area (Å²) >= 11 is 0. The molecule has 0 spiro atoms. The van der Waals surface area contributed by atoms with Crippen LogP contribution in [0.15, 0.2) is 23.0 Å². The number of aryl methyl sites for hydroxylation is 1. The minimum absolute atomic E-state index is 0.140. The Balaban J connectivity index is 1.63. The fourth-order valence-electron chi connectivity index (χ4n) is 4.94. The number of ether oxygens (including phenoxy) is 3. The first-order valence-electron chi connectivity index (χ1n) is 10.8. The molecular formula is C24H22N2O6. The second kappa shape index (κ2) is 6.56. The molecule has 2 aromatic heterocycles. The van der Waals surface area contributed by atoms with Gasteiger partial charge in [0.05, 0.1) is 29.0 Å². The third kappa shape index (κ3) is 2.50. The number of unbranched alkanes of at least 4 members (excludes halogenated alkanes) is 1. The Morgan fingerprint density at radius 3 is 2.69 bits per heavy atom. The number of nitrogens with zero attached hydrogens (tertiary/aromatic N) is 2. The number of benzene rings is 1. The zero-order chi connectivity index (χ0) is 22.2. The maximum Gasteiger partial charge on any atom is 0.342 e. The lowest BCUT2D eigenvalue weighted by molar-refractivity contribution is -0.169. The van der Waals surface area contributed by atoms with Crippen LogP contribution in [0.1, 0.15) is 48.9 Å². The van der Waals surface area contributed by atoms with E-state index in [-0.39, 0.29) is 19.0 Å². The molecule has 3 aliphatic heterocycles. The third-order valence-corrected chi connectivity index (χ3v) is 6.71. The summed E-state index contributed by atoms with van der Waals surface area (Å²) in [6.07, 6.45) is 2.88. The van der Waals surface area contributed by atoms with E-state index in [1.807, 2.05) is 12.1 Å². The van der Waals surface area contributed by atoms with Crippen molar-refractivity contribution < 1.29 is 24.1 Å². The highest BCUT2D eigenvalue weighted by Gasteiger charge is 2.43. The lowest BCUT2D eigenvalue weighted by Crippen LogP contribution is -2.42. The van der Waals surface area contributed by atoms with Crippen LogP contribution < -0.4 is 15.0 Å². The zero-order valence-corrected chi connectivity index (χ0v) is 17.9. The SMILES string of the molecule is CCCCc1c2c(nc3cc4c(cc13)OCO4)-c1cc3c(c(=O)n1C2)COC(=O)[C@@]3(C)O. The summed E-state index contributed by atoms with van der Waals surface area (Å²) in [6.45, 7) is 3.94. The molecule has 0 saturated carbocycles. The smallest absolute Gasteiger partial charge is 0.342 e. The Hall–Kier alpha value is -3.39. The van der Waals surface area contributed by atoms with Crippen molar-refractivity contribution in [2.75, 3.05) is 6.79 Å². The largest absolute Gasteiger partial charge is 0.458 e. The molecule has 164 valence electrons. The minimum atomic E-state index is -1.88. The number of aliphatic hydroxyl groups is 1. The van der Waals surface area contributed by atoms with E-state index in [4.69, 9.17) is 19.2 Å². The molecule has 0 unspecified atom stereocenters. The standard InChI is InChI=1S/C24H22N2O6/c1-3-4-5-12-13-6-19-20(32-11-31-19)8-17(13)25-21-14(12)9-26-18(21)7-16-15(22(26)27)10-30-23(28)24(16,2)29/h6-8,29H,3-5,9-11H2,1-2H3/t24-/m0/s1. The summed E-state index contributed by atoms with van der Waals surface area (Å²) in [5, 5.41) is 11.8. The normalized spacial score (nSPS) is 20.2. The van der Waals surface area contributed by atoms with E-state index in [2.05, 4.69) is 6.92 Å². The molecule has 0 fully saturated rings. The number of carbonyl (C=O) groups excluding carboxylic acids is 1. The molecule has 3 aromatic rings. The minimum Gasteiger partial charge on any atom is -0.458 e. The molecule has 5 heterocycles. The van der Waals surface area contributed by atoms with E-state index in [1.54, 1.807) is 10.6 Å². The van der Waals surface area contributed by atoms with E-state index in [0.717, 1.165) is 41.3 Å². The van der Waals surface area contributed by atoms with Crippen molar-refractivity contribution in [3.05, 3.63) is 50.8 Å². The molecule has 6 rings (SSSR count). The lowest BCUT2D eigenvalue weighted by atomic mass is 9.89. The first-order chi connectivity index (χ1) is 15.4. The van der Waals surface area contributed by atoms with E-state index in [0.29, 0.717) is 40.6 Å². The summed E-state index contributed by atoms with van der Waals surface area (Å²) in [5.41, 5.74) is 2.69. The van der Waals surface area contributed by atoms with Gasteiger partial charge in [-0.1, -0.05) is 13.3 Å². The Bertz CT molecular complexity index is 1390. The molecule has 1 atom stereocenters. The van der Waals surface area contributed by atoms with Gasteiger partial charge in [0.2, 0.25) is 6.79 Å². The summed E-state index contributed by atoms with van der Waals surface area (Å²) in [6, 6.07) is 5.57. The number of aromatic nitrogens is 2. The van der Waals surface area contributed by atoms with Gasteiger partial charge < -0.3 is 23.9 Å². The van der Waals surface area contributed by atoms with Gasteiger partial charge >= 0.3 is 5.97 Å². The van der Waals surface area contributed by atoms with Crippen molar-refractivity contribution >= 4 is 16.9 Å². The van der Waals surface area contributed by atoms with Gasteiger partial charge in [-0.25, -0.2) is 9.78 Å². The molecule has 32 heavy (non-hydrogen) atoms. The highest BCUT2D eigenvalue weighted by Crippen LogP contribution is 2.43. The van der Waals surface area contributed by atoms with Gasteiger partial charge in [0.1, 0.15) is 6.61 Å². The molecule has 0 saturated heterocycles. The molecule has 0 aliphatic carbocycles. The predicted octanol–water partition coefficient (Wildman–Crippen LogP) is 2.76. The molecule has 8 heteroatoms.